The molecule has 0 saturated heterocycles. The summed E-state index contributed by atoms with van der Waals surface area (Å²) in [6.07, 6.45) is -0.660. The first-order chi connectivity index (χ1) is 7.94. The zero-order valence-corrected chi connectivity index (χ0v) is 12.8. The Balaban J connectivity index is 4.44. The summed E-state index contributed by atoms with van der Waals surface area (Å²) in [6.45, 7) is 10.5. The number of carbonyl (C=O) groups is 2. The van der Waals surface area contributed by atoms with Gasteiger partial charge in [0.05, 0.1) is 0 Å². The average Bonchev–Trinajstić information content (AvgIpc) is 2.07. The van der Waals surface area contributed by atoms with E-state index in [2.05, 4.69) is 17.9 Å². The van der Waals surface area contributed by atoms with Crippen molar-refractivity contribution in [1.29, 1.82) is 0 Å². The van der Waals surface area contributed by atoms with E-state index in [0.717, 1.165) is 0 Å². The molecule has 0 aromatic heterocycles. The Labute approximate surface area is 114 Å². The summed E-state index contributed by atoms with van der Waals surface area (Å²) in [5, 5.41) is 2.43. The number of ether oxygens (including phenoxy) is 2. The fraction of sp³-hybridized carbons (Fsp3) is 0.833. The zero-order chi connectivity index (χ0) is 14.6. The van der Waals surface area contributed by atoms with Crippen molar-refractivity contribution in [2.45, 2.75) is 58.8 Å². The minimum atomic E-state index is -0.817. The number of alkyl carbamates (subject to hydrolysis) is 1. The van der Waals surface area contributed by atoms with Gasteiger partial charge in [0.1, 0.15) is 17.2 Å². The van der Waals surface area contributed by atoms with Crippen molar-refractivity contribution in [2.24, 2.45) is 0 Å². The van der Waals surface area contributed by atoms with Gasteiger partial charge in [-0.2, -0.15) is 12.6 Å². The molecule has 1 amide bonds. The quantitative estimate of drug-likeness (QED) is 0.613. The van der Waals surface area contributed by atoms with Gasteiger partial charge in [0, 0.05) is 5.75 Å². The number of thiol groups is 1. The number of amides is 1. The second-order valence-electron chi connectivity index (χ2n) is 5.91. The van der Waals surface area contributed by atoms with Gasteiger partial charge in [0.2, 0.25) is 0 Å². The summed E-state index contributed by atoms with van der Waals surface area (Å²) in [5.41, 5.74) is -1.22. The number of rotatable bonds is 3. The minimum Gasteiger partial charge on any atom is -0.458 e. The molecule has 0 spiro atoms. The maximum Gasteiger partial charge on any atom is 0.408 e. The van der Waals surface area contributed by atoms with Gasteiger partial charge in [-0.25, -0.2) is 9.59 Å². The molecule has 0 rings (SSSR count). The molecule has 0 aliphatic carbocycles. The zero-order valence-electron chi connectivity index (χ0n) is 11.9. The molecule has 18 heavy (non-hydrogen) atoms. The first kappa shape index (κ1) is 17.1. The van der Waals surface area contributed by atoms with Gasteiger partial charge in [0.15, 0.2) is 0 Å². The van der Waals surface area contributed by atoms with Gasteiger partial charge in [-0.1, -0.05) is 0 Å². The van der Waals surface area contributed by atoms with E-state index in [1.54, 1.807) is 41.5 Å². The van der Waals surface area contributed by atoms with Crippen molar-refractivity contribution >= 4 is 24.7 Å². The van der Waals surface area contributed by atoms with E-state index in [9.17, 15) is 9.59 Å². The SMILES string of the molecule is CC(C)(C)OC(=O)N[C@@H](CS)C(=O)OC(C)(C)C. The predicted molar refractivity (Wildman–Crippen MR) is 72.9 cm³/mol. The standard InChI is InChI=1S/C12H23NO4S/c1-11(2,3)16-9(14)8(7-18)13-10(15)17-12(4,5)6/h8,18H,7H2,1-6H3,(H,13,15)/t8-/m0/s1. The molecule has 0 aromatic carbocycles. The average molecular weight is 277 g/mol. The number of hydrogen-bond donors (Lipinski definition) is 2. The molecule has 0 heterocycles. The molecule has 5 nitrogen and oxygen atoms in total. The van der Waals surface area contributed by atoms with Crippen molar-refractivity contribution in [3.8, 4) is 0 Å². The van der Waals surface area contributed by atoms with Crippen LogP contribution in [0.4, 0.5) is 4.79 Å². The van der Waals surface area contributed by atoms with E-state index in [-0.39, 0.29) is 5.75 Å². The lowest BCUT2D eigenvalue weighted by Crippen LogP contribution is -2.47. The third-order valence-electron chi connectivity index (χ3n) is 1.56. The van der Waals surface area contributed by atoms with Crippen LogP contribution in [-0.4, -0.2) is 35.1 Å². The highest BCUT2D eigenvalue weighted by Crippen LogP contribution is 2.10. The second kappa shape index (κ2) is 6.31. The van der Waals surface area contributed by atoms with Crippen molar-refractivity contribution in [3.63, 3.8) is 0 Å². The van der Waals surface area contributed by atoms with E-state index in [4.69, 9.17) is 9.47 Å². The van der Waals surface area contributed by atoms with Crippen LogP contribution in [0.1, 0.15) is 41.5 Å². The van der Waals surface area contributed by atoms with Crippen LogP contribution in [-0.2, 0) is 14.3 Å². The molecule has 0 unspecified atom stereocenters. The molecule has 0 fully saturated rings. The highest BCUT2D eigenvalue weighted by Gasteiger charge is 2.27. The molecule has 6 heteroatoms. The molecule has 0 aromatic rings. The van der Waals surface area contributed by atoms with Crippen molar-refractivity contribution < 1.29 is 19.1 Å². The number of carbonyl (C=O) groups excluding carboxylic acids is 2. The van der Waals surface area contributed by atoms with Crippen molar-refractivity contribution in [2.75, 3.05) is 5.75 Å². The fourth-order valence-corrected chi connectivity index (χ4v) is 1.24. The Morgan fingerprint density at radius 1 is 1.06 bits per heavy atom. The molecule has 1 atom stereocenters. The summed E-state index contributed by atoms with van der Waals surface area (Å²) < 4.78 is 10.2. The van der Waals surface area contributed by atoms with Crippen LogP contribution >= 0.6 is 12.6 Å². The molecule has 1 N–H and O–H groups in total. The normalized spacial score (nSPS) is 13.7. The Morgan fingerprint density at radius 3 is 1.83 bits per heavy atom. The molecule has 0 radical (unpaired) electrons. The van der Waals surface area contributed by atoms with E-state index < -0.39 is 29.3 Å². The van der Waals surface area contributed by atoms with E-state index in [1.807, 2.05) is 0 Å². The first-order valence-electron chi connectivity index (χ1n) is 5.78. The second-order valence-corrected chi connectivity index (χ2v) is 6.28. The molecular weight excluding hydrogens is 254 g/mol. The molecule has 0 bridgehead atoms. The van der Waals surface area contributed by atoms with Crippen LogP contribution in [0.15, 0.2) is 0 Å². The van der Waals surface area contributed by atoms with Crippen LogP contribution in [0.2, 0.25) is 0 Å². The number of nitrogens with one attached hydrogen (secondary N) is 1. The lowest BCUT2D eigenvalue weighted by molar-refractivity contribution is -0.156. The van der Waals surface area contributed by atoms with Gasteiger partial charge in [-0.3, -0.25) is 0 Å². The Bertz CT molecular complexity index is 304. The maximum absolute atomic E-state index is 11.7. The fourth-order valence-electron chi connectivity index (χ4n) is 1.00. The Kier molecular flexibility index (Phi) is 5.99. The Hall–Kier alpha value is -0.910. The highest BCUT2D eigenvalue weighted by molar-refractivity contribution is 7.80. The lowest BCUT2D eigenvalue weighted by Gasteiger charge is -2.25. The van der Waals surface area contributed by atoms with Crippen LogP contribution in [0, 0.1) is 0 Å². The maximum atomic E-state index is 11.7. The van der Waals surface area contributed by atoms with E-state index in [0.29, 0.717) is 0 Å². The van der Waals surface area contributed by atoms with Crippen LogP contribution < -0.4 is 5.32 Å². The number of esters is 1. The van der Waals surface area contributed by atoms with E-state index >= 15 is 0 Å². The van der Waals surface area contributed by atoms with Gasteiger partial charge in [0.25, 0.3) is 0 Å². The van der Waals surface area contributed by atoms with Gasteiger partial charge in [-0.05, 0) is 41.5 Å². The van der Waals surface area contributed by atoms with Crippen LogP contribution in [0.25, 0.3) is 0 Å². The van der Waals surface area contributed by atoms with Gasteiger partial charge in [-0.15, -0.1) is 0 Å². The molecule has 0 saturated carbocycles. The van der Waals surface area contributed by atoms with E-state index in [1.165, 1.54) is 0 Å². The van der Waals surface area contributed by atoms with Crippen molar-refractivity contribution in [3.05, 3.63) is 0 Å². The first-order valence-corrected chi connectivity index (χ1v) is 6.41. The highest BCUT2D eigenvalue weighted by atomic mass is 32.1. The largest absolute Gasteiger partial charge is 0.458 e. The smallest absolute Gasteiger partial charge is 0.408 e. The summed E-state index contributed by atoms with van der Waals surface area (Å²) in [4.78, 5) is 23.3. The molecule has 0 aliphatic rings. The summed E-state index contributed by atoms with van der Waals surface area (Å²) in [7, 11) is 0. The summed E-state index contributed by atoms with van der Waals surface area (Å²) >= 11 is 4.02. The third-order valence-corrected chi connectivity index (χ3v) is 1.93. The van der Waals surface area contributed by atoms with Gasteiger partial charge < -0.3 is 14.8 Å². The lowest BCUT2D eigenvalue weighted by atomic mass is 10.2. The summed E-state index contributed by atoms with van der Waals surface area (Å²) in [5.74, 6) is -0.378. The Morgan fingerprint density at radius 2 is 1.50 bits per heavy atom. The predicted octanol–water partition coefficient (Wildman–Crippen LogP) is 2.15. The van der Waals surface area contributed by atoms with Crippen molar-refractivity contribution in [1.82, 2.24) is 5.32 Å². The monoisotopic (exact) mass is 277 g/mol. The molecule has 0 aliphatic heterocycles. The third kappa shape index (κ3) is 8.22. The van der Waals surface area contributed by atoms with Crippen LogP contribution in [0.3, 0.4) is 0 Å². The minimum absolute atomic E-state index is 0.147. The topological polar surface area (TPSA) is 64.6 Å². The van der Waals surface area contributed by atoms with Gasteiger partial charge >= 0.3 is 12.1 Å². The number of hydrogen-bond acceptors (Lipinski definition) is 5. The molecule has 106 valence electrons. The summed E-state index contributed by atoms with van der Waals surface area (Å²) in [6, 6.07) is -0.817. The molecular formula is C12H23NO4S. The van der Waals surface area contributed by atoms with Crippen LogP contribution in [0.5, 0.6) is 0 Å².